The zero-order valence-corrected chi connectivity index (χ0v) is 11.3. The number of nitrogens with one attached hydrogen (secondary N) is 1. The van der Waals surface area contributed by atoms with E-state index in [-0.39, 0.29) is 29.1 Å². The van der Waals surface area contributed by atoms with Crippen molar-refractivity contribution in [2.75, 3.05) is 5.32 Å². The van der Waals surface area contributed by atoms with Crippen molar-refractivity contribution in [1.82, 2.24) is 0 Å². The molecule has 19 heavy (non-hydrogen) atoms. The molecule has 0 spiro atoms. The van der Waals surface area contributed by atoms with E-state index in [0.717, 1.165) is 12.8 Å². The molecule has 0 aliphatic rings. The summed E-state index contributed by atoms with van der Waals surface area (Å²) in [6, 6.07) is 3.91. The second-order valence-electron chi connectivity index (χ2n) is 4.22. The molecule has 0 fully saturated rings. The van der Waals surface area contributed by atoms with Crippen LogP contribution in [0.3, 0.4) is 0 Å². The Morgan fingerprint density at radius 3 is 2.84 bits per heavy atom. The molecule has 0 saturated carbocycles. The highest BCUT2D eigenvalue weighted by atomic mass is 35.5. The monoisotopic (exact) mass is 285 g/mol. The van der Waals surface area contributed by atoms with Gasteiger partial charge in [0.25, 0.3) is 5.69 Å². The summed E-state index contributed by atoms with van der Waals surface area (Å²) in [6.07, 6.45) is 1.85. The SMILES string of the molecule is CCCC(N)CC(=O)Nc1ccc(Cl)c([N+](=O)[O-])c1. The molecule has 0 heterocycles. The molecule has 104 valence electrons. The number of carbonyl (C=O) groups is 1. The Kier molecular flexibility index (Phi) is 5.72. The summed E-state index contributed by atoms with van der Waals surface area (Å²) in [4.78, 5) is 21.8. The number of halogens is 1. The number of nitro groups is 1. The number of anilines is 1. The Morgan fingerprint density at radius 2 is 2.26 bits per heavy atom. The maximum Gasteiger partial charge on any atom is 0.289 e. The third-order valence-electron chi connectivity index (χ3n) is 2.53. The van der Waals surface area contributed by atoms with Crippen LogP contribution in [0.5, 0.6) is 0 Å². The van der Waals surface area contributed by atoms with Crippen molar-refractivity contribution in [3.8, 4) is 0 Å². The second kappa shape index (κ2) is 7.06. The normalized spacial score (nSPS) is 11.9. The molecule has 1 rings (SSSR count). The molecular formula is C12H16ClN3O3. The smallest absolute Gasteiger partial charge is 0.289 e. The molecule has 0 aliphatic carbocycles. The van der Waals surface area contributed by atoms with E-state index in [0.29, 0.717) is 5.69 Å². The lowest BCUT2D eigenvalue weighted by molar-refractivity contribution is -0.384. The predicted octanol–water partition coefficient (Wildman–Crippen LogP) is 2.70. The summed E-state index contributed by atoms with van der Waals surface area (Å²) in [5, 5.41) is 13.3. The van der Waals surface area contributed by atoms with Crippen LogP contribution in [0.15, 0.2) is 18.2 Å². The minimum Gasteiger partial charge on any atom is -0.327 e. The van der Waals surface area contributed by atoms with Gasteiger partial charge in [-0.2, -0.15) is 0 Å². The lowest BCUT2D eigenvalue weighted by atomic mass is 10.1. The van der Waals surface area contributed by atoms with Crippen LogP contribution in [0.2, 0.25) is 5.02 Å². The first-order valence-electron chi connectivity index (χ1n) is 5.93. The fourth-order valence-corrected chi connectivity index (χ4v) is 1.84. The van der Waals surface area contributed by atoms with E-state index in [4.69, 9.17) is 17.3 Å². The van der Waals surface area contributed by atoms with Gasteiger partial charge < -0.3 is 11.1 Å². The van der Waals surface area contributed by atoms with E-state index >= 15 is 0 Å². The van der Waals surface area contributed by atoms with Gasteiger partial charge >= 0.3 is 0 Å². The zero-order chi connectivity index (χ0) is 14.4. The van der Waals surface area contributed by atoms with Crippen LogP contribution in [-0.4, -0.2) is 16.9 Å². The highest BCUT2D eigenvalue weighted by Gasteiger charge is 2.14. The molecule has 6 nitrogen and oxygen atoms in total. The van der Waals surface area contributed by atoms with Crippen molar-refractivity contribution < 1.29 is 9.72 Å². The number of nitro benzene ring substituents is 1. The van der Waals surface area contributed by atoms with Gasteiger partial charge in [-0.3, -0.25) is 14.9 Å². The van der Waals surface area contributed by atoms with Crippen molar-refractivity contribution in [3.05, 3.63) is 33.3 Å². The number of benzene rings is 1. The average Bonchev–Trinajstić information content (AvgIpc) is 2.31. The lowest BCUT2D eigenvalue weighted by Crippen LogP contribution is -2.26. The topological polar surface area (TPSA) is 98.3 Å². The highest BCUT2D eigenvalue weighted by molar-refractivity contribution is 6.32. The summed E-state index contributed by atoms with van der Waals surface area (Å²) >= 11 is 5.68. The Balaban J connectivity index is 2.69. The lowest BCUT2D eigenvalue weighted by Gasteiger charge is -2.10. The Labute approximate surface area is 116 Å². The Morgan fingerprint density at radius 1 is 1.58 bits per heavy atom. The molecule has 0 saturated heterocycles. The molecule has 7 heteroatoms. The predicted molar refractivity (Wildman–Crippen MR) is 74.2 cm³/mol. The van der Waals surface area contributed by atoms with Gasteiger partial charge in [0, 0.05) is 24.2 Å². The number of amides is 1. The van der Waals surface area contributed by atoms with Gasteiger partial charge in [-0.05, 0) is 18.6 Å². The molecule has 1 aromatic carbocycles. The van der Waals surface area contributed by atoms with Crippen LogP contribution >= 0.6 is 11.6 Å². The number of hydrogen-bond acceptors (Lipinski definition) is 4. The molecule has 1 amide bonds. The van der Waals surface area contributed by atoms with Crippen molar-refractivity contribution in [1.29, 1.82) is 0 Å². The minimum atomic E-state index is -0.596. The van der Waals surface area contributed by atoms with E-state index in [1.54, 1.807) is 0 Å². The summed E-state index contributed by atoms with van der Waals surface area (Å²) < 4.78 is 0. The number of rotatable bonds is 6. The van der Waals surface area contributed by atoms with Crippen molar-refractivity contribution >= 4 is 28.9 Å². The van der Waals surface area contributed by atoms with Gasteiger partial charge in [-0.25, -0.2) is 0 Å². The summed E-state index contributed by atoms with van der Waals surface area (Å²) in [7, 11) is 0. The maximum atomic E-state index is 11.7. The van der Waals surface area contributed by atoms with Gasteiger partial charge in [0.2, 0.25) is 5.91 Å². The van der Waals surface area contributed by atoms with Crippen LogP contribution in [0, 0.1) is 10.1 Å². The van der Waals surface area contributed by atoms with Crippen molar-refractivity contribution in [3.63, 3.8) is 0 Å². The second-order valence-corrected chi connectivity index (χ2v) is 4.63. The van der Waals surface area contributed by atoms with Gasteiger partial charge in [0.1, 0.15) is 5.02 Å². The molecule has 0 aliphatic heterocycles. The quantitative estimate of drug-likeness (QED) is 0.620. The highest BCUT2D eigenvalue weighted by Crippen LogP contribution is 2.27. The number of carbonyl (C=O) groups excluding carboxylic acids is 1. The molecule has 1 aromatic rings. The van der Waals surface area contributed by atoms with Gasteiger partial charge in [0.05, 0.1) is 4.92 Å². The van der Waals surface area contributed by atoms with Gasteiger partial charge in [-0.1, -0.05) is 24.9 Å². The molecule has 0 radical (unpaired) electrons. The van der Waals surface area contributed by atoms with Crippen LogP contribution in [0.25, 0.3) is 0 Å². The zero-order valence-electron chi connectivity index (χ0n) is 10.6. The summed E-state index contributed by atoms with van der Waals surface area (Å²) in [5.41, 5.74) is 5.85. The summed E-state index contributed by atoms with van der Waals surface area (Å²) in [5.74, 6) is -0.266. The van der Waals surface area contributed by atoms with E-state index in [2.05, 4.69) is 5.32 Å². The van der Waals surface area contributed by atoms with E-state index in [9.17, 15) is 14.9 Å². The largest absolute Gasteiger partial charge is 0.327 e. The minimum absolute atomic E-state index is 0.0330. The molecule has 0 bridgehead atoms. The summed E-state index contributed by atoms with van der Waals surface area (Å²) in [6.45, 7) is 1.99. The van der Waals surface area contributed by atoms with Crippen molar-refractivity contribution in [2.24, 2.45) is 5.73 Å². The van der Waals surface area contributed by atoms with Crippen LogP contribution < -0.4 is 11.1 Å². The third kappa shape index (κ3) is 4.84. The van der Waals surface area contributed by atoms with Crippen LogP contribution in [0.4, 0.5) is 11.4 Å². The average molecular weight is 286 g/mol. The Hall–Kier alpha value is -1.66. The molecule has 1 unspecified atom stereocenters. The maximum absolute atomic E-state index is 11.7. The first kappa shape index (κ1) is 15.4. The first-order chi connectivity index (χ1) is 8.93. The molecule has 3 N–H and O–H groups in total. The van der Waals surface area contributed by atoms with E-state index < -0.39 is 4.92 Å². The fraction of sp³-hybridized carbons (Fsp3) is 0.417. The first-order valence-corrected chi connectivity index (χ1v) is 6.31. The third-order valence-corrected chi connectivity index (χ3v) is 2.85. The van der Waals surface area contributed by atoms with Crippen molar-refractivity contribution in [2.45, 2.75) is 32.2 Å². The Bertz CT molecular complexity index is 479. The van der Waals surface area contributed by atoms with Gasteiger partial charge in [0.15, 0.2) is 0 Å². The molecular weight excluding hydrogens is 270 g/mol. The number of nitrogens with zero attached hydrogens (tertiary/aromatic N) is 1. The fourth-order valence-electron chi connectivity index (χ4n) is 1.65. The number of nitrogens with two attached hydrogens (primary N) is 1. The molecule has 0 aromatic heterocycles. The van der Waals surface area contributed by atoms with E-state index in [1.807, 2.05) is 6.92 Å². The van der Waals surface area contributed by atoms with E-state index in [1.165, 1.54) is 18.2 Å². The van der Waals surface area contributed by atoms with Crippen LogP contribution in [-0.2, 0) is 4.79 Å². The van der Waals surface area contributed by atoms with Gasteiger partial charge in [-0.15, -0.1) is 0 Å². The van der Waals surface area contributed by atoms with Crippen LogP contribution in [0.1, 0.15) is 26.2 Å². The number of hydrogen-bond donors (Lipinski definition) is 2. The molecule has 1 atom stereocenters. The standard InChI is InChI=1S/C12H16ClN3O3/c1-2-3-8(14)6-12(17)15-9-4-5-10(13)11(7-9)16(18)19/h4-5,7-8H,2-3,6,14H2,1H3,(H,15,17).